The second-order valence-electron chi connectivity index (χ2n) is 8.05. The van der Waals surface area contributed by atoms with E-state index in [-0.39, 0.29) is 29.9 Å². The van der Waals surface area contributed by atoms with Crippen LogP contribution >= 0.6 is 0 Å². The predicted octanol–water partition coefficient (Wildman–Crippen LogP) is 4.08. The van der Waals surface area contributed by atoms with E-state index in [1.165, 1.54) is 18.3 Å². The van der Waals surface area contributed by atoms with Crippen LogP contribution in [0.1, 0.15) is 35.3 Å². The zero-order valence-corrected chi connectivity index (χ0v) is 19.4. The molecule has 3 aromatic carbocycles. The number of amides is 2. The molecule has 3 aromatic rings. The van der Waals surface area contributed by atoms with Crippen molar-refractivity contribution in [1.29, 1.82) is 0 Å². The molecule has 0 spiro atoms. The lowest BCUT2D eigenvalue weighted by Gasteiger charge is -2.20. The van der Waals surface area contributed by atoms with E-state index in [4.69, 9.17) is 4.74 Å². The van der Waals surface area contributed by atoms with Crippen molar-refractivity contribution in [2.24, 2.45) is 11.0 Å². The summed E-state index contributed by atoms with van der Waals surface area (Å²) in [6.07, 6.45) is 1.29. The highest BCUT2D eigenvalue weighted by molar-refractivity contribution is 5.97. The first-order chi connectivity index (χ1) is 16.8. The van der Waals surface area contributed by atoms with Gasteiger partial charge in [-0.2, -0.15) is 5.10 Å². The SMILES string of the molecule is CC(C)C(NC(=O)c1ccccc1)C(=O)NN=Cc1ccc(OCc2ccccc2)c([N+](=O)[O-])c1. The van der Waals surface area contributed by atoms with Crippen LogP contribution in [0.3, 0.4) is 0 Å². The summed E-state index contributed by atoms with van der Waals surface area (Å²) in [7, 11) is 0. The van der Waals surface area contributed by atoms with Gasteiger partial charge in [0, 0.05) is 17.2 Å². The normalized spacial score (nSPS) is 11.7. The smallest absolute Gasteiger partial charge is 0.311 e. The molecule has 2 amide bonds. The topological polar surface area (TPSA) is 123 Å². The van der Waals surface area contributed by atoms with Crippen molar-refractivity contribution in [3.63, 3.8) is 0 Å². The maximum absolute atomic E-state index is 12.6. The van der Waals surface area contributed by atoms with Gasteiger partial charge in [0.1, 0.15) is 12.6 Å². The highest BCUT2D eigenvalue weighted by Gasteiger charge is 2.24. The summed E-state index contributed by atoms with van der Waals surface area (Å²) in [5, 5.41) is 18.1. The molecule has 180 valence electrons. The monoisotopic (exact) mass is 474 g/mol. The molecule has 0 aliphatic carbocycles. The molecular formula is C26H26N4O5. The van der Waals surface area contributed by atoms with Crippen molar-refractivity contribution in [1.82, 2.24) is 10.7 Å². The standard InChI is InChI=1S/C26H26N4O5/c1-18(2)24(28-25(31)21-11-7-4-8-12-21)26(32)29-27-16-20-13-14-23(22(15-20)30(33)34)35-17-19-9-5-3-6-10-19/h3-16,18,24H,17H2,1-2H3,(H,28,31)(H,29,32). The van der Waals surface area contributed by atoms with Gasteiger partial charge in [0.15, 0.2) is 5.75 Å². The van der Waals surface area contributed by atoms with Crippen LogP contribution in [0.25, 0.3) is 0 Å². The maximum Gasteiger partial charge on any atom is 0.311 e. The van der Waals surface area contributed by atoms with Gasteiger partial charge < -0.3 is 10.1 Å². The number of hydrazone groups is 1. The molecule has 0 aliphatic rings. The number of nitro benzene ring substituents is 1. The number of benzene rings is 3. The predicted molar refractivity (Wildman–Crippen MR) is 132 cm³/mol. The number of hydrogen-bond acceptors (Lipinski definition) is 6. The third-order valence-electron chi connectivity index (χ3n) is 5.08. The quantitative estimate of drug-likeness (QED) is 0.260. The molecule has 1 unspecified atom stereocenters. The fraction of sp³-hybridized carbons (Fsp3) is 0.192. The molecule has 0 heterocycles. The summed E-state index contributed by atoms with van der Waals surface area (Å²) >= 11 is 0. The molecule has 0 bridgehead atoms. The number of rotatable bonds is 10. The van der Waals surface area contributed by atoms with E-state index in [0.29, 0.717) is 11.1 Å². The molecule has 0 aliphatic heterocycles. The Balaban J connectivity index is 1.64. The number of nitrogens with zero attached hydrogens (tertiary/aromatic N) is 2. The zero-order chi connectivity index (χ0) is 25.2. The Kier molecular flexibility index (Phi) is 8.66. The largest absolute Gasteiger partial charge is 0.482 e. The number of carbonyl (C=O) groups is 2. The van der Waals surface area contributed by atoms with Crippen molar-refractivity contribution < 1.29 is 19.2 Å². The van der Waals surface area contributed by atoms with Gasteiger partial charge in [-0.25, -0.2) is 5.43 Å². The lowest BCUT2D eigenvalue weighted by molar-refractivity contribution is -0.385. The number of nitrogens with one attached hydrogen (secondary N) is 2. The van der Waals surface area contributed by atoms with Crippen LogP contribution in [0.2, 0.25) is 0 Å². The van der Waals surface area contributed by atoms with Gasteiger partial charge in [-0.1, -0.05) is 62.4 Å². The third kappa shape index (κ3) is 7.23. The molecule has 0 saturated heterocycles. The third-order valence-corrected chi connectivity index (χ3v) is 5.08. The van der Waals surface area contributed by atoms with Gasteiger partial charge in [-0.05, 0) is 35.7 Å². The van der Waals surface area contributed by atoms with Crippen LogP contribution in [0, 0.1) is 16.0 Å². The first-order valence-corrected chi connectivity index (χ1v) is 11.0. The van der Waals surface area contributed by atoms with Gasteiger partial charge in [0.05, 0.1) is 11.1 Å². The van der Waals surface area contributed by atoms with E-state index in [1.807, 2.05) is 30.3 Å². The molecule has 0 radical (unpaired) electrons. The van der Waals surface area contributed by atoms with E-state index in [0.717, 1.165) is 5.56 Å². The van der Waals surface area contributed by atoms with E-state index >= 15 is 0 Å². The molecular weight excluding hydrogens is 448 g/mol. The molecule has 2 N–H and O–H groups in total. The van der Waals surface area contributed by atoms with Crippen LogP contribution in [0.15, 0.2) is 84.0 Å². The zero-order valence-electron chi connectivity index (χ0n) is 19.4. The molecule has 9 heteroatoms. The second kappa shape index (κ2) is 12.1. The number of hydrogen-bond donors (Lipinski definition) is 2. The highest BCUT2D eigenvalue weighted by Crippen LogP contribution is 2.28. The minimum Gasteiger partial charge on any atom is -0.482 e. The number of carbonyl (C=O) groups excluding carboxylic acids is 2. The fourth-order valence-electron chi connectivity index (χ4n) is 3.20. The van der Waals surface area contributed by atoms with E-state index in [9.17, 15) is 19.7 Å². The van der Waals surface area contributed by atoms with Crippen LogP contribution in [-0.2, 0) is 11.4 Å². The summed E-state index contributed by atoms with van der Waals surface area (Å²) in [6.45, 7) is 3.80. The average Bonchev–Trinajstić information content (AvgIpc) is 2.87. The van der Waals surface area contributed by atoms with Crippen LogP contribution in [-0.4, -0.2) is 29.0 Å². The minimum atomic E-state index is -0.817. The van der Waals surface area contributed by atoms with Crippen molar-refractivity contribution in [3.05, 3.63) is 106 Å². The van der Waals surface area contributed by atoms with Gasteiger partial charge in [0.25, 0.3) is 11.8 Å². The first kappa shape index (κ1) is 25.1. The Morgan fingerprint density at radius 1 is 1.03 bits per heavy atom. The molecule has 35 heavy (non-hydrogen) atoms. The molecule has 9 nitrogen and oxygen atoms in total. The van der Waals surface area contributed by atoms with Crippen molar-refractivity contribution >= 4 is 23.7 Å². The van der Waals surface area contributed by atoms with Gasteiger partial charge in [-0.3, -0.25) is 19.7 Å². The summed E-state index contributed by atoms with van der Waals surface area (Å²) in [6, 6.07) is 21.5. The Morgan fingerprint density at radius 2 is 1.69 bits per heavy atom. The highest BCUT2D eigenvalue weighted by atomic mass is 16.6. The van der Waals surface area contributed by atoms with E-state index in [2.05, 4.69) is 15.8 Å². The molecule has 0 fully saturated rings. The summed E-state index contributed by atoms with van der Waals surface area (Å²) in [4.78, 5) is 36.0. The average molecular weight is 475 g/mol. The maximum atomic E-state index is 12.6. The van der Waals surface area contributed by atoms with Crippen LogP contribution < -0.4 is 15.5 Å². The summed E-state index contributed by atoms with van der Waals surface area (Å²) in [5.41, 5.74) is 3.90. The molecule has 0 saturated carbocycles. The van der Waals surface area contributed by atoms with Crippen molar-refractivity contribution in [3.8, 4) is 5.75 Å². The minimum absolute atomic E-state index is 0.128. The Bertz CT molecular complexity index is 1200. The van der Waals surface area contributed by atoms with E-state index < -0.39 is 16.9 Å². The Hall–Kier alpha value is -4.53. The van der Waals surface area contributed by atoms with Gasteiger partial charge in [-0.15, -0.1) is 0 Å². The molecule has 1 atom stereocenters. The summed E-state index contributed by atoms with van der Waals surface area (Å²) in [5.74, 6) is -0.938. The number of ether oxygens (including phenoxy) is 1. The first-order valence-electron chi connectivity index (χ1n) is 11.0. The van der Waals surface area contributed by atoms with Crippen molar-refractivity contribution in [2.45, 2.75) is 26.5 Å². The summed E-state index contributed by atoms with van der Waals surface area (Å²) < 4.78 is 5.62. The van der Waals surface area contributed by atoms with Gasteiger partial charge in [0.2, 0.25) is 0 Å². The lowest BCUT2D eigenvalue weighted by atomic mass is 10.0. The fourth-order valence-corrected chi connectivity index (χ4v) is 3.20. The van der Waals surface area contributed by atoms with Crippen molar-refractivity contribution in [2.75, 3.05) is 0 Å². The molecule has 0 aromatic heterocycles. The van der Waals surface area contributed by atoms with Crippen LogP contribution in [0.4, 0.5) is 5.69 Å². The Morgan fingerprint density at radius 3 is 2.31 bits per heavy atom. The lowest BCUT2D eigenvalue weighted by Crippen LogP contribution is -2.48. The second-order valence-corrected chi connectivity index (χ2v) is 8.05. The van der Waals surface area contributed by atoms with Gasteiger partial charge >= 0.3 is 5.69 Å². The van der Waals surface area contributed by atoms with Crippen LogP contribution in [0.5, 0.6) is 5.75 Å². The number of nitro groups is 1. The van der Waals surface area contributed by atoms with E-state index in [1.54, 1.807) is 50.2 Å². The molecule has 3 rings (SSSR count). The Labute approximate surface area is 203 Å².